The average Bonchev–Trinajstić information content (AvgIpc) is 2.52. The molecule has 2 aromatic rings. The number of alkyl halides is 3. The van der Waals surface area contributed by atoms with Crippen molar-refractivity contribution in [1.82, 2.24) is 19.9 Å². The molecule has 0 aromatic carbocycles. The summed E-state index contributed by atoms with van der Waals surface area (Å²) in [6, 6.07) is 3.48. The van der Waals surface area contributed by atoms with Crippen LogP contribution < -0.4 is 21.1 Å². The Morgan fingerprint density at radius 2 is 1.84 bits per heavy atom. The summed E-state index contributed by atoms with van der Waals surface area (Å²) in [6.45, 7) is 4.12. The van der Waals surface area contributed by atoms with E-state index in [1.54, 1.807) is 18.3 Å². The van der Waals surface area contributed by atoms with Gasteiger partial charge in [0, 0.05) is 18.3 Å². The van der Waals surface area contributed by atoms with Crippen LogP contribution >= 0.6 is 34.8 Å². The molecule has 0 unspecified atom stereocenters. The number of methoxy groups -OCH3 is 1. The number of nitrogens with zero attached hydrogens (tertiary/aromatic N) is 4. The lowest BCUT2D eigenvalue weighted by Gasteiger charge is -2.20. The standard InChI is InChI=1S/C14H18Cl3N7O/c1-13(2,18)7-20-11-22-10(14(15,16)17)23-12(24-11)21-8-5-4-6-19-9(8)25-3/h4-6H,7,18H2,1-3H3,(H2,20,21,22,23,24). The molecule has 0 aliphatic heterocycles. The van der Waals surface area contributed by atoms with Crippen molar-refractivity contribution >= 4 is 52.4 Å². The highest BCUT2D eigenvalue weighted by molar-refractivity contribution is 6.66. The Labute approximate surface area is 160 Å². The van der Waals surface area contributed by atoms with Crippen LogP contribution in [0.15, 0.2) is 18.3 Å². The summed E-state index contributed by atoms with van der Waals surface area (Å²) in [5.74, 6) is 0.728. The molecule has 0 atom stereocenters. The SMILES string of the molecule is COc1ncccc1Nc1nc(NCC(C)(C)N)nc(C(Cl)(Cl)Cl)n1. The number of pyridine rings is 1. The number of rotatable bonds is 6. The van der Waals surface area contributed by atoms with Crippen molar-refractivity contribution in [2.45, 2.75) is 23.2 Å². The maximum Gasteiger partial charge on any atom is 0.250 e. The van der Waals surface area contributed by atoms with Gasteiger partial charge in [0.1, 0.15) is 5.69 Å². The third-order valence-corrected chi connectivity index (χ3v) is 3.31. The van der Waals surface area contributed by atoms with E-state index in [1.165, 1.54) is 7.11 Å². The Morgan fingerprint density at radius 3 is 2.44 bits per heavy atom. The lowest BCUT2D eigenvalue weighted by molar-refractivity contribution is 0.400. The number of nitrogens with one attached hydrogen (secondary N) is 2. The highest BCUT2D eigenvalue weighted by Gasteiger charge is 2.28. The van der Waals surface area contributed by atoms with E-state index < -0.39 is 9.33 Å². The second-order valence-electron chi connectivity index (χ2n) is 5.83. The predicted molar refractivity (Wildman–Crippen MR) is 99.9 cm³/mol. The van der Waals surface area contributed by atoms with Crippen LogP contribution in [0.5, 0.6) is 5.88 Å². The third kappa shape index (κ3) is 6.00. The molecule has 0 bridgehead atoms. The van der Waals surface area contributed by atoms with E-state index in [2.05, 4.69) is 30.6 Å². The van der Waals surface area contributed by atoms with Gasteiger partial charge >= 0.3 is 0 Å². The first kappa shape index (κ1) is 19.7. The number of ether oxygens (including phenoxy) is 1. The van der Waals surface area contributed by atoms with Gasteiger partial charge in [-0.15, -0.1) is 0 Å². The van der Waals surface area contributed by atoms with E-state index in [0.717, 1.165) is 0 Å². The van der Waals surface area contributed by atoms with Crippen LogP contribution in [0.2, 0.25) is 0 Å². The minimum atomic E-state index is -1.81. The van der Waals surface area contributed by atoms with Crippen LogP contribution in [0.4, 0.5) is 17.6 Å². The fourth-order valence-electron chi connectivity index (χ4n) is 1.71. The molecule has 11 heteroatoms. The number of hydrogen-bond donors (Lipinski definition) is 3. The van der Waals surface area contributed by atoms with E-state index in [1.807, 2.05) is 13.8 Å². The quantitative estimate of drug-likeness (QED) is 0.628. The number of halogens is 3. The number of nitrogens with two attached hydrogens (primary N) is 1. The van der Waals surface area contributed by atoms with Crippen molar-refractivity contribution in [3.8, 4) is 5.88 Å². The zero-order valence-electron chi connectivity index (χ0n) is 13.8. The molecule has 0 saturated heterocycles. The molecule has 136 valence electrons. The van der Waals surface area contributed by atoms with Crippen LogP contribution in [0, 0.1) is 0 Å². The molecule has 2 rings (SSSR count). The Hall–Kier alpha value is -1.61. The van der Waals surface area contributed by atoms with Gasteiger partial charge in [-0.05, 0) is 26.0 Å². The first-order valence-electron chi connectivity index (χ1n) is 7.20. The largest absolute Gasteiger partial charge is 0.480 e. The monoisotopic (exact) mass is 405 g/mol. The minimum absolute atomic E-state index is 0.0322. The Balaban J connectivity index is 2.36. The lowest BCUT2D eigenvalue weighted by Crippen LogP contribution is -2.40. The number of aromatic nitrogens is 4. The van der Waals surface area contributed by atoms with E-state index in [9.17, 15) is 0 Å². The first-order chi connectivity index (χ1) is 11.6. The van der Waals surface area contributed by atoms with Crippen LogP contribution in [0.1, 0.15) is 19.7 Å². The molecule has 2 aromatic heterocycles. The summed E-state index contributed by atoms with van der Waals surface area (Å²) in [7, 11) is 1.50. The van der Waals surface area contributed by atoms with Crippen LogP contribution in [0.25, 0.3) is 0 Å². The van der Waals surface area contributed by atoms with Gasteiger partial charge in [-0.3, -0.25) is 0 Å². The van der Waals surface area contributed by atoms with Crippen molar-refractivity contribution in [3.63, 3.8) is 0 Å². The highest BCUT2D eigenvalue weighted by Crippen LogP contribution is 2.36. The lowest BCUT2D eigenvalue weighted by atomic mass is 10.1. The maximum absolute atomic E-state index is 5.95. The van der Waals surface area contributed by atoms with E-state index >= 15 is 0 Å². The first-order valence-corrected chi connectivity index (χ1v) is 8.34. The smallest absolute Gasteiger partial charge is 0.250 e. The molecule has 0 aliphatic carbocycles. The molecule has 25 heavy (non-hydrogen) atoms. The van der Waals surface area contributed by atoms with E-state index in [-0.39, 0.29) is 17.7 Å². The summed E-state index contributed by atoms with van der Waals surface area (Å²) < 4.78 is 3.37. The van der Waals surface area contributed by atoms with Crippen molar-refractivity contribution in [3.05, 3.63) is 24.2 Å². The van der Waals surface area contributed by atoms with Gasteiger partial charge in [0.05, 0.1) is 7.11 Å². The topological polar surface area (TPSA) is 111 Å². The van der Waals surface area contributed by atoms with Gasteiger partial charge in [0.15, 0.2) is 5.82 Å². The van der Waals surface area contributed by atoms with Crippen molar-refractivity contribution in [2.75, 3.05) is 24.3 Å². The van der Waals surface area contributed by atoms with Gasteiger partial charge in [0.25, 0.3) is 0 Å². The second kappa shape index (κ2) is 7.74. The predicted octanol–water partition coefficient (Wildman–Crippen LogP) is 2.99. The zero-order valence-corrected chi connectivity index (χ0v) is 16.1. The molecule has 0 saturated carbocycles. The molecule has 0 aliphatic rings. The van der Waals surface area contributed by atoms with Crippen molar-refractivity contribution < 1.29 is 4.74 Å². The number of anilines is 3. The molecule has 0 fully saturated rings. The van der Waals surface area contributed by atoms with Crippen LogP contribution in [0.3, 0.4) is 0 Å². The third-order valence-electron chi connectivity index (χ3n) is 2.80. The molecular weight excluding hydrogens is 389 g/mol. The molecular formula is C14H18Cl3N7O. The second-order valence-corrected chi connectivity index (χ2v) is 8.11. The molecule has 0 spiro atoms. The average molecular weight is 407 g/mol. The summed E-state index contributed by atoms with van der Waals surface area (Å²) in [6.07, 6.45) is 1.60. The summed E-state index contributed by atoms with van der Waals surface area (Å²) >= 11 is 17.7. The Bertz CT molecular complexity index is 731. The molecule has 2 heterocycles. The fraction of sp³-hybridized carbons (Fsp3) is 0.429. The molecule has 0 radical (unpaired) electrons. The summed E-state index contributed by atoms with van der Waals surface area (Å²) in [5.41, 5.74) is 6.03. The van der Waals surface area contributed by atoms with Gasteiger partial charge < -0.3 is 21.1 Å². The van der Waals surface area contributed by atoms with Gasteiger partial charge in [-0.2, -0.15) is 15.0 Å². The minimum Gasteiger partial charge on any atom is -0.480 e. The van der Waals surface area contributed by atoms with Crippen molar-refractivity contribution in [2.24, 2.45) is 5.73 Å². The van der Waals surface area contributed by atoms with E-state index in [4.69, 9.17) is 45.3 Å². The van der Waals surface area contributed by atoms with Gasteiger partial charge in [0.2, 0.25) is 21.6 Å². The van der Waals surface area contributed by atoms with Crippen molar-refractivity contribution in [1.29, 1.82) is 0 Å². The van der Waals surface area contributed by atoms with Crippen LogP contribution in [-0.2, 0) is 3.79 Å². The van der Waals surface area contributed by atoms with E-state index in [0.29, 0.717) is 18.1 Å². The highest BCUT2D eigenvalue weighted by atomic mass is 35.6. The Kier molecular flexibility index (Phi) is 6.10. The zero-order chi connectivity index (χ0) is 18.7. The maximum atomic E-state index is 5.95. The molecule has 8 nitrogen and oxygen atoms in total. The number of hydrogen-bond acceptors (Lipinski definition) is 8. The molecule has 0 amide bonds. The summed E-state index contributed by atoms with van der Waals surface area (Å²) in [4.78, 5) is 16.6. The van der Waals surface area contributed by atoms with Crippen LogP contribution in [-0.4, -0.2) is 39.1 Å². The molecule has 4 N–H and O–H groups in total. The fourth-order valence-corrected chi connectivity index (χ4v) is 1.97. The Morgan fingerprint density at radius 1 is 1.16 bits per heavy atom. The normalized spacial score (nSPS) is 12.0. The summed E-state index contributed by atoms with van der Waals surface area (Å²) in [5, 5.41) is 5.98. The van der Waals surface area contributed by atoms with Gasteiger partial charge in [-0.1, -0.05) is 34.8 Å². The van der Waals surface area contributed by atoms with Gasteiger partial charge in [-0.25, -0.2) is 4.98 Å².